The average molecular weight is 240 g/mol. The Hall–Kier alpha value is 0.690. The maximum absolute atomic E-state index is 3.38. The molecule has 0 aliphatic carbocycles. The first-order chi connectivity index (χ1) is 4.36. The third-order valence-corrected chi connectivity index (χ3v) is 5.87. The average Bonchev–Trinajstić information content (AvgIpc) is 2.34. The Balaban J connectivity index is 2.20. The van der Waals surface area contributed by atoms with Crippen LogP contribution in [0, 0.1) is 5.92 Å². The number of rotatable bonds is 2. The molecule has 0 aromatic carbocycles. The van der Waals surface area contributed by atoms with Crippen molar-refractivity contribution in [3.8, 4) is 0 Å². The Kier molecular flexibility index (Phi) is 3.26. The molecule has 1 nitrogen and oxygen atoms in total. The number of nitrogens with one attached hydrogen (secondary N) is 1. The molecule has 56 valence electrons. The summed E-state index contributed by atoms with van der Waals surface area (Å²) in [6.07, 6.45) is 2.86. The van der Waals surface area contributed by atoms with Gasteiger partial charge >= 0.3 is 67.7 Å². The molecule has 0 bridgehead atoms. The van der Waals surface area contributed by atoms with Gasteiger partial charge < -0.3 is 0 Å². The molecule has 1 aliphatic heterocycles. The van der Waals surface area contributed by atoms with E-state index in [4.69, 9.17) is 0 Å². The first-order valence-electron chi connectivity index (χ1n) is 3.61. The van der Waals surface area contributed by atoms with E-state index in [1.54, 1.807) is 4.43 Å². The van der Waals surface area contributed by atoms with E-state index in [0.717, 1.165) is 9.97 Å². The van der Waals surface area contributed by atoms with Crippen LogP contribution in [0.3, 0.4) is 0 Å². The van der Waals surface area contributed by atoms with Gasteiger partial charge in [-0.3, -0.25) is 0 Å². The second-order valence-corrected chi connectivity index (χ2v) is 5.84. The SMILES string of the molecule is CCC1C[I-]C(NC)C1. The number of halogens is 1. The third kappa shape index (κ3) is 2.08. The van der Waals surface area contributed by atoms with Gasteiger partial charge in [-0.2, -0.15) is 0 Å². The molecule has 0 aromatic heterocycles. The van der Waals surface area contributed by atoms with Crippen LogP contribution in [0.15, 0.2) is 0 Å². The van der Waals surface area contributed by atoms with Crippen LogP contribution in [-0.4, -0.2) is 15.5 Å². The normalized spacial score (nSPS) is 36.2. The molecule has 0 aromatic rings. The van der Waals surface area contributed by atoms with Gasteiger partial charge in [0.25, 0.3) is 0 Å². The minimum atomic E-state index is 0.519. The molecular weight excluding hydrogens is 225 g/mol. The fraction of sp³-hybridized carbons (Fsp3) is 1.00. The Morgan fingerprint density at radius 1 is 1.67 bits per heavy atom. The van der Waals surface area contributed by atoms with Crippen LogP contribution in [0.1, 0.15) is 19.8 Å². The molecule has 0 spiro atoms. The fourth-order valence-electron chi connectivity index (χ4n) is 1.12. The van der Waals surface area contributed by atoms with Gasteiger partial charge in [0.2, 0.25) is 0 Å². The zero-order valence-electron chi connectivity index (χ0n) is 6.15. The third-order valence-electron chi connectivity index (χ3n) is 1.92. The quantitative estimate of drug-likeness (QED) is 0.336. The predicted molar refractivity (Wildman–Crippen MR) is 36.1 cm³/mol. The van der Waals surface area contributed by atoms with Crippen LogP contribution in [0.5, 0.6) is 0 Å². The molecule has 1 rings (SSSR count). The van der Waals surface area contributed by atoms with Gasteiger partial charge in [-0.1, -0.05) is 0 Å². The summed E-state index contributed by atoms with van der Waals surface area (Å²) in [6.45, 7) is 2.31. The Bertz CT molecular complexity index is 75.0. The van der Waals surface area contributed by atoms with Crippen molar-refractivity contribution in [3.63, 3.8) is 0 Å². The Labute approximate surface area is 67.9 Å². The summed E-state index contributed by atoms with van der Waals surface area (Å²) in [6, 6.07) is 0. The van der Waals surface area contributed by atoms with Gasteiger partial charge in [-0.25, -0.2) is 0 Å². The summed E-state index contributed by atoms with van der Waals surface area (Å²) in [5, 5.41) is 3.38. The zero-order valence-corrected chi connectivity index (χ0v) is 8.31. The van der Waals surface area contributed by atoms with E-state index in [9.17, 15) is 0 Å². The molecule has 2 heteroatoms. The van der Waals surface area contributed by atoms with E-state index < -0.39 is 0 Å². The standard InChI is InChI=1S/C7H15IN/c1-3-6-4-7(9-2)8-5-6/h6-7,9H,3-5H2,1-2H3/q-1. The van der Waals surface area contributed by atoms with Crippen molar-refractivity contribution < 1.29 is 21.2 Å². The van der Waals surface area contributed by atoms with Gasteiger partial charge in [0, 0.05) is 0 Å². The minimum absolute atomic E-state index is 0.519. The van der Waals surface area contributed by atoms with E-state index >= 15 is 0 Å². The van der Waals surface area contributed by atoms with Crippen molar-refractivity contribution in [1.29, 1.82) is 0 Å². The monoisotopic (exact) mass is 240 g/mol. The Morgan fingerprint density at radius 3 is 2.78 bits per heavy atom. The summed E-state index contributed by atoms with van der Waals surface area (Å²) in [5.74, 6) is 1.07. The second kappa shape index (κ2) is 3.76. The van der Waals surface area contributed by atoms with E-state index in [-0.39, 0.29) is 0 Å². The van der Waals surface area contributed by atoms with Crippen LogP contribution < -0.4 is 26.5 Å². The van der Waals surface area contributed by atoms with Crippen molar-refractivity contribution >= 4 is 0 Å². The van der Waals surface area contributed by atoms with Crippen LogP contribution >= 0.6 is 0 Å². The first-order valence-corrected chi connectivity index (χ1v) is 6.39. The van der Waals surface area contributed by atoms with Gasteiger partial charge in [0.05, 0.1) is 0 Å². The Morgan fingerprint density at radius 2 is 2.44 bits per heavy atom. The van der Waals surface area contributed by atoms with E-state index in [1.807, 2.05) is 0 Å². The van der Waals surface area contributed by atoms with Crippen LogP contribution in [0.4, 0.5) is 0 Å². The topological polar surface area (TPSA) is 12.0 Å². The molecule has 1 saturated heterocycles. The first kappa shape index (κ1) is 7.79. The molecule has 0 radical (unpaired) electrons. The van der Waals surface area contributed by atoms with Crippen molar-refractivity contribution in [2.24, 2.45) is 5.92 Å². The second-order valence-electron chi connectivity index (χ2n) is 2.57. The summed E-state index contributed by atoms with van der Waals surface area (Å²) in [5.41, 5.74) is 0. The molecule has 0 saturated carbocycles. The number of alkyl halides is 2. The summed E-state index contributed by atoms with van der Waals surface area (Å²) < 4.78 is 2.50. The molecule has 1 heterocycles. The van der Waals surface area contributed by atoms with E-state index in [0.29, 0.717) is 21.2 Å². The molecular formula is C7H15IN-. The van der Waals surface area contributed by atoms with Gasteiger partial charge in [0.1, 0.15) is 0 Å². The van der Waals surface area contributed by atoms with Crippen LogP contribution in [-0.2, 0) is 0 Å². The van der Waals surface area contributed by atoms with Crippen LogP contribution in [0.25, 0.3) is 0 Å². The summed E-state index contributed by atoms with van der Waals surface area (Å²) in [7, 11) is 2.10. The van der Waals surface area contributed by atoms with Crippen molar-refractivity contribution in [2.45, 2.75) is 23.8 Å². The summed E-state index contributed by atoms with van der Waals surface area (Å²) in [4.78, 5) is 0. The molecule has 1 fully saturated rings. The molecule has 0 amide bonds. The molecule has 2 atom stereocenters. The van der Waals surface area contributed by atoms with Crippen molar-refractivity contribution in [2.75, 3.05) is 11.5 Å². The molecule has 2 unspecified atom stereocenters. The van der Waals surface area contributed by atoms with E-state index in [2.05, 4.69) is 19.3 Å². The fourth-order valence-corrected chi connectivity index (χ4v) is 4.96. The molecule has 1 N–H and O–H groups in total. The van der Waals surface area contributed by atoms with Crippen molar-refractivity contribution in [3.05, 3.63) is 0 Å². The summed E-state index contributed by atoms with van der Waals surface area (Å²) >= 11 is 0.519. The van der Waals surface area contributed by atoms with Gasteiger partial charge in [-0.05, 0) is 0 Å². The molecule has 9 heavy (non-hydrogen) atoms. The maximum atomic E-state index is 3.38. The number of hydrogen-bond acceptors (Lipinski definition) is 1. The van der Waals surface area contributed by atoms with Gasteiger partial charge in [-0.15, -0.1) is 0 Å². The predicted octanol–water partition coefficient (Wildman–Crippen LogP) is -1.95. The number of hydrogen-bond donors (Lipinski definition) is 1. The van der Waals surface area contributed by atoms with Gasteiger partial charge in [0.15, 0.2) is 0 Å². The molecule has 1 aliphatic rings. The van der Waals surface area contributed by atoms with E-state index in [1.165, 1.54) is 12.8 Å². The zero-order chi connectivity index (χ0) is 6.69. The van der Waals surface area contributed by atoms with Crippen LogP contribution in [0.2, 0.25) is 0 Å². The van der Waals surface area contributed by atoms with Crippen molar-refractivity contribution in [1.82, 2.24) is 5.32 Å².